The molecular weight excluding hydrogens is 256 g/mol. The summed E-state index contributed by atoms with van der Waals surface area (Å²) in [6.07, 6.45) is 1.12. The Balaban J connectivity index is 3.47. The van der Waals surface area contributed by atoms with Crippen LogP contribution in [0.15, 0.2) is 27.6 Å². The molecule has 1 aromatic rings. The van der Waals surface area contributed by atoms with Gasteiger partial charge in [-0.05, 0) is 12.1 Å². The van der Waals surface area contributed by atoms with Gasteiger partial charge in [-0.1, -0.05) is 22.0 Å². The lowest BCUT2D eigenvalue weighted by molar-refractivity contribution is 0.277. The summed E-state index contributed by atoms with van der Waals surface area (Å²) in [6, 6.07) is 4.80. The molecule has 0 heterocycles. The highest BCUT2D eigenvalue weighted by Gasteiger charge is 2.14. The third-order valence-electron chi connectivity index (χ3n) is 1.63. The summed E-state index contributed by atoms with van der Waals surface area (Å²) < 4.78 is 23.1. The lowest BCUT2D eigenvalue weighted by Crippen LogP contribution is -2.02. The van der Waals surface area contributed by atoms with Crippen molar-refractivity contribution in [2.24, 2.45) is 0 Å². The predicted molar refractivity (Wildman–Crippen MR) is 53.2 cm³/mol. The van der Waals surface area contributed by atoms with Crippen LogP contribution in [0.1, 0.15) is 5.56 Å². The lowest BCUT2D eigenvalue weighted by atomic mass is 10.2. The summed E-state index contributed by atoms with van der Waals surface area (Å²) in [7, 11) is -3.26. The molecule has 0 amide bonds. The van der Waals surface area contributed by atoms with Crippen LogP contribution >= 0.6 is 15.9 Å². The normalized spacial score (nSPS) is 11.6. The van der Waals surface area contributed by atoms with Crippen LogP contribution in [0, 0.1) is 0 Å². The minimum atomic E-state index is -3.26. The van der Waals surface area contributed by atoms with E-state index in [9.17, 15) is 8.42 Å². The Kier molecular flexibility index (Phi) is 3.10. The highest BCUT2D eigenvalue weighted by atomic mass is 79.9. The Labute approximate surface area is 85.4 Å². The smallest absolute Gasteiger partial charge is 0.175 e. The van der Waals surface area contributed by atoms with Gasteiger partial charge in [0.2, 0.25) is 0 Å². The van der Waals surface area contributed by atoms with Gasteiger partial charge < -0.3 is 5.11 Å². The van der Waals surface area contributed by atoms with Gasteiger partial charge in [-0.2, -0.15) is 0 Å². The van der Waals surface area contributed by atoms with Crippen LogP contribution in [0.4, 0.5) is 0 Å². The maximum absolute atomic E-state index is 11.2. The van der Waals surface area contributed by atoms with E-state index < -0.39 is 9.84 Å². The Morgan fingerprint density at radius 1 is 1.46 bits per heavy atom. The fourth-order valence-corrected chi connectivity index (χ4v) is 2.61. The molecule has 0 bridgehead atoms. The fraction of sp³-hybridized carbons (Fsp3) is 0.250. The number of hydrogen-bond donors (Lipinski definition) is 1. The highest BCUT2D eigenvalue weighted by Crippen LogP contribution is 2.23. The summed E-state index contributed by atoms with van der Waals surface area (Å²) in [5.41, 5.74) is 0.407. The number of benzene rings is 1. The molecular formula is C8H9BrO3S. The molecule has 0 spiro atoms. The first kappa shape index (κ1) is 10.7. The molecule has 0 unspecified atom stereocenters. The second-order valence-electron chi connectivity index (χ2n) is 2.65. The minimum Gasteiger partial charge on any atom is -0.392 e. The van der Waals surface area contributed by atoms with Crippen molar-refractivity contribution < 1.29 is 13.5 Å². The molecule has 0 atom stereocenters. The second-order valence-corrected chi connectivity index (χ2v) is 5.49. The van der Waals surface area contributed by atoms with Crippen molar-refractivity contribution in [3.8, 4) is 0 Å². The standard InChI is InChI=1S/C8H9BrO3S/c1-13(11,12)8-4-2-3-7(9)6(8)5-10/h2-4,10H,5H2,1H3. The first-order valence-electron chi connectivity index (χ1n) is 3.55. The van der Waals surface area contributed by atoms with E-state index in [-0.39, 0.29) is 11.5 Å². The van der Waals surface area contributed by atoms with Crippen LogP contribution in [0.25, 0.3) is 0 Å². The van der Waals surface area contributed by atoms with E-state index in [1.54, 1.807) is 12.1 Å². The zero-order valence-corrected chi connectivity index (χ0v) is 9.39. The average Bonchev–Trinajstić information content (AvgIpc) is 2.02. The van der Waals surface area contributed by atoms with Gasteiger partial charge in [-0.25, -0.2) is 8.42 Å². The first-order chi connectivity index (χ1) is 5.96. The largest absolute Gasteiger partial charge is 0.392 e. The van der Waals surface area contributed by atoms with Gasteiger partial charge in [0, 0.05) is 16.3 Å². The van der Waals surface area contributed by atoms with Crippen molar-refractivity contribution >= 4 is 25.8 Å². The fourth-order valence-electron chi connectivity index (χ4n) is 1.04. The number of halogens is 1. The molecule has 0 saturated carbocycles. The van der Waals surface area contributed by atoms with Crippen LogP contribution in [0.5, 0.6) is 0 Å². The Morgan fingerprint density at radius 2 is 2.08 bits per heavy atom. The zero-order valence-electron chi connectivity index (χ0n) is 6.99. The van der Waals surface area contributed by atoms with Gasteiger partial charge in [0.25, 0.3) is 0 Å². The van der Waals surface area contributed by atoms with Crippen molar-refractivity contribution in [3.63, 3.8) is 0 Å². The van der Waals surface area contributed by atoms with Crippen LogP contribution in [-0.2, 0) is 16.4 Å². The first-order valence-corrected chi connectivity index (χ1v) is 6.23. The van der Waals surface area contributed by atoms with Gasteiger partial charge >= 0.3 is 0 Å². The van der Waals surface area contributed by atoms with Crippen LogP contribution < -0.4 is 0 Å². The van der Waals surface area contributed by atoms with Gasteiger partial charge in [0.15, 0.2) is 9.84 Å². The molecule has 1 aromatic carbocycles. The van der Waals surface area contributed by atoms with Crippen molar-refractivity contribution in [1.29, 1.82) is 0 Å². The van der Waals surface area contributed by atoms with Crippen molar-refractivity contribution in [2.45, 2.75) is 11.5 Å². The van der Waals surface area contributed by atoms with Crippen LogP contribution in [0.3, 0.4) is 0 Å². The van der Waals surface area contributed by atoms with E-state index in [0.29, 0.717) is 10.0 Å². The van der Waals surface area contributed by atoms with Crippen molar-refractivity contribution in [1.82, 2.24) is 0 Å². The second kappa shape index (κ2) is 3.77. The molecule has 0 aliphatic carbocycles. The molecule has 0 aromatic heterocycles. The maximum Gasteiger partial charge on any atom is 0.175 e. The number of rotatable bonds is 2. The SMILES string of the molecule is CS(=O)(=O)c1cccc(Br)c1CO. The molecule has 5 heteroatoms. The quantitative estimate of drug-likeness (QED) is 0.878. The van der Waals surface area contributed by atoms with Crippen molar-refractivity contribution in [3.05, 3.63) is 28.2 Å². The molecule has 0 aliphatic heterocycles. The number of aliphatic hydroxyl groups excluding tert-OH is 1. The Bertz CT molecular complexity index is 411. The summed E-state index contributed by atoms with van der Waals surface area (Å²) in [6.45, 7) is -0.288. The van der Waals surface area contributed by atoms with Crippen LogP contribution in [0.2, 0.25) is 0 Å². The van der Waals surface area contributed by atoms with E-state index in [2.05, 4.69) is 15.9 Å². The summed E-state index contributed by atoms with van der Waals surface area (Å²) >= 11 is 3.18. The molecule has 72 valence electrons. The average molecular weight is 265 g/mol. The van der Waals surface area contributed by atoms with Gasteiger partial charge in [0.1, 0.15) is 0 Å². The maximum atomic E-state index is 11.2. The summed E-state index contributed by atoms with van der Waals surface area (Å²) in [4.78, 5) is 0.171. The van der Waals surface area contributed by atoms with E-state index >= 15 is 0 Å². The van der Waals surface area contributed by atoms with Gasteiger partial charge in [-0.15, -0.1) is 0 Å². The molecule has 1 rings (SSSR count). The van der Waals surface area contributed by atoms with E-state index in [0.717, 1.165) is 6.26 Å². The van der Waals surface area contributed by atoms with Crippen molar-refractivity contribution in [2.75, 3.05) is 6.26 Å². The summed E-state index contributed by atoms with van der Waals surface area (Å²) in [5, 5.41) is 8.97. The molecule has 1 N–H and O–H groups in total. The summed E-state index contributed by atoms with van der Waals surface area (Å²) in [5.74, 6) is 0. The minimum absolute atomic E-state index is 0.171. The number of hydrogen-bond acceptors (Lipinski definition) is 3. The molecule has 0 aliphatic rings. The van der Waals surface area contributed by atoms with E-state index in [4.69, 9.17) is 5.11 Å². The number of sulfone groups is 1. The van der Waals surface area contributed by atoms with E-state index in [1.807, 2.05) is 0 Å². The lowest BCUT2D eigenvalue weighted by Gasteiger charge is -2.06. The Hall–Kier alpha value is -0.390. The molecule has 13 heavy (non-hydrogen) atoms. The monoisotopic (exact) mass is 264 g/mol. The Morgan fingerprint density at radius 3 is 2.46 bits per heavy atom. The molecule has 0 fully saturated rings. The van der Waals surface area contributed by atoms with Gasteiger partial charge in [0.05, 0.1) is 11.5 Å². The molecule has 0 saturated heterocycles. The number of aliphatic hydroxyl groups is 1. The third kappa shape index (κ3) is 2.30. The zero-order chi connectivity index (χ0) is 10.1. The van der Waals surface area contributed by atoms with E-state index in [1.165, 1.54) is 6.07 Å². The molecule has 0 radical (unpaired) electrons. The van der Waals surface area contributed by atoms with Gasteiger partial charge in [-0.3, -0.25) is 0 Å². The topological polar surface area (TPSA) is 54.4 Å². The molecule has 3 nitrogen and oxygen atoms in total. The predicted octanol–water partition coefficient (Wildman–Crippen LogP) is 1.34. The highest BCUT2D eigenvalue weighted by molar-refractivity contribution is 9.10. The van der Waals surface area contributed by atoms with Crippen LogP contribution in [-0.4, -0.2) is 19.8 Å². The third-order valence-corrected chi connectivity index (χ3v) is 3.56.